The molecule has 2 heterocycles. The van der Waals surface area contributed by atoms with Crippen molar-refractivity contribution in [2.24, 2.45) is 0 Å². The van der Waals surface area contributed by atoms with Crippen LogP contribution in [0, 0.1) is 10.1 Å². The zero-order valence-electron chi connectivity index (χ0n) is 15.0. The number of benzene rings is 1. The number of hydrogen-bond donors (Lipinski definition) is 0. The maximum absolute atomic E-state index is 12.8. The molecule has 1 fully saturated rings. The van der Waals surface area contributed by atoms with Crippen LogP contribution in [0.3, 0.4) is 0 Å². The maximum Gasteiger partial charge on any atom is 0.416 e. The van der Waals surface area contributed by atoms with E-state index < -0.39 is 16.7 Å². The summed E-state index contributed by atoms with van der Waals surface area (Å²) in [6, 6.07) is 4.90. The molecule has 2 aromatic rings. The number of alkyl halides is 3. The second-order valence-corrected chi connectivity index (χ2v) is 6.45. The van der Waals surface area contributed by atoms with Crippen LogP contribution in [-0.4, -0.2) is 34.6 Å². The van der Waals surface area contributed by atoms with Gasteiger partial charge in [0.25, 0.3) is 5.88 Å². The normalized spacial score (nSPS) is 14.8. The number of hydrogen-bond acceptors (Lipinski definition) is 6. The van der Waals surface area contributed by atoms with Gasteiger partial charge in [0.05, 0.1) is 17.1 Å². The lowest BCUT2D eigenvalue weighted by Gasteiger charge is -2.27. The van der Waals surface area contributed by atoms with Gasteiger partial charge < -0.3 is 9.64 Å². The molecule has 150 valence electrons. The molecular weight excluding hydrogens is 377 g/mol. The third kappa shape index (κ3) is 4.68. The summed E-state index contributed by atoms with van der Waals surface area (Å²) in [5.74, 6) is 0.0429. The highest BCUT2D eigenvalue weighted by molar-refractivity contribution is 5.62. The highest BCUT2D eigenvalue weighted by Crippen LogP contribution is 2.35. The van der Waals surface area contributed by atoms with Crippen LogP contribution in [0.15, 0.2) is 30.6 Å². The highest BCUT2D eigenvalue weighted by Gasteiger charge is 2.31. The highest BCUT2D eigenvalue weighted by atomic mass is 19.4. The standard InChI is InChI=1S/C18H19F3N4O3/c19-18(20,21)14-6-4-5-13(11-14)7-10-28-17-15(25(26)27)16(22-12-23-17)24-8-2-1-3-9-24/h4-6,11-12H,1-3,7-10H2. The summed E-state index contributed by atoms with van der Waals surface area (Å²) >= 11 is 0. The van der Waals surface area contributed by atoms with Crippen LogP contribution in [0.25, 0.3) is 0 Å². The molecule has 0 saturated carbocycles. The van der Waals surface area contributed by atoms with Gasteiger partial charge in [-0.25, -0.2) is 4.98 Å². The van der Waals surface area contributed by atoms with E-state index in [9.17, 15) is 23.3 Å². The van der Waals surface area contributed by atoms with E-state index in [1.165, 1.54) is 12.4 Å². The molecule has 0 unspecified atom stereocenters. The SMILES string of the molecule is O=[N+]([O-])c1c(OCCc2cccc(C(F)(F)F)c2)ncnc1N1CCCCC1. The molecule has 10 heteroatoms. The van der Waals surface area contributed by atoms with Gasteiger partial charge in [0, 0.05) is 19.5 Å². The topological polar surface area (TPSA) is 81.4 Å². The second kappa shape index (κ2) is 8.41. The number of nitrogens with zero attached hydrogens (tertiary/aromatic N) is 4. The van der Waals surface area contributed by atoms with Crippen molar-refractivity contribution in [1.82, 2.24) is 9.97 Å². The van der Waals surface area contributed by atoms with E-state index in [0.717, 1.165) is 31.4 Å². The fraction of sp³-hybridized carbons (Fsp3) is 0.444. The zero-order valence-corrected chi connectivity index (χ0v) is 15.0. The van der Waals surface area contributed by atoms with Crippen molar-refractivity contribution in [2.45, 2.75) is 31.9 Å². The summed E-state index contributed by atoms with van der Waals surface area (Å²) in [4.78, 5) is 20.7. The molecule has 0 atom stereocenters. The first-order valence-corrected chi connectivity index (χ1v) is 8.89. The van der Waals surface area contributed by atoms with Crippen molar-refractivity contribution < 1.29 is 22.8 Å². The van der Waals surface area contributed by atoms with Crippen LogP contribution < -0.4 is 9.64 Å². The predicted molar refractivity (Wildman–Crippen MR) is 95.4 cm³/mol. The van der Waals surface area contributed by atoms with Crippen molar-refractivity contribution in [3.05, 3.63) is 51.8 Å². The summed E-state index contributed by atoms with van der Waals surface area (Å²) in [5, 5.41) is 11.6. The molecule has 1 aromatic heterocycles. The monoisotopic (exact) mass is 396 g/mol. The van der Waals surface area contributed by atoms with Gasteiger partial charge in [-0.1, -0.05) is 18.2 Å². The second-order valence-electron chi connectivity index (χ2n) is 6.45. The van der Waals surface area contributed by atoms with Gasteiger partial charge in [-0.15, -0.1) is 0 Å². The third-order valence-corrected chi connectivity index (χ3v) is 4.49. The summed E-state index contributed by atoms with van der Waals surface area (Å²) < 4.78 is 43.8. The summed E-state index contributed by atoms with van der Waals surface area (Å²) in [6.45, 7) is 1.29. The van der Waals surface area contributed by atoms with Gasteiger partial charge >= 0.3 is 11.9 Å². The van der Waals surface area contributed by atoms with Crippen LogP contribution in [0.4, 0.5) is 24.7 Å². The Balaban J connectivity index is 1.73. The van der Waals surface area contributed by atoms with E-state index in [-0.39, 0.29) is 30.4 Å². The first-order valence-electron chi connectivity index (χ1n) is 8.89. The average molecular weight is 396 g/mol. The van der Waals surface area contributed by atoms with Crippen molar-refractivity contribution in [3.8, 4) is 5.88 Å². The largest absolute Gasteiger partial charge is 0.472 e. The molecule has 0 bridgehead atoms. The minimum atomic E-state index is -4.42. The van der Waals surface area contributed by atoms with Gasteiger partial charge in [0.1, 0.15) is 6.33 Å². The average Bonchev–Trinajstić information content (AvgIpc) is 2.68. The Morgan fingerprint density at radius 3 is 2.61 bits per heavy atom. The Morgan fingerprint density at radius 1 is 1.18 bits per heavy atom. The summed E-state index contributed by atoms with van der Waals surface area (Å²) in [6.07, 6.45) is -0.151. The molecule has 1 aliphatic heterocycles. The Kier molecular flexibility index (Phi) is 5.96. The predicted octanol–water partition coefficient (Wildman–Crippen LogP) is 4.02. The van der Waals surface area contributed by atoms with Crippen molar-refractivity contribution >= 4 is 11.5 Å². The number of halogens is 3. The molecule has 0 radical (unpaired) electrons. The molecule has 0 N–H and O–H groups in total. The van der Waals surface area contributed by atoms with Crippen LogP contribution >= 0.6 is 0 Å². The fourth-order valence-corrected chi connectivity index (χ4v) is 3.13. The van der Waals surface area contributed by atoms with E-state index in [0.29, 0.717) is 18.7 Å². The molecule has 28 heavy (non-hydrogen) atoms. The van der Waals surface area contributed by atoms with E-state index in [1.807, 2.05) is 4.90 Å². The molecule has 1 aromatic carbocycles. The van der Waals surface area contributed by atoms with Crippen LogP contribution in [0.2, 0.25) is 0 Å². The van der Waals surface area contributed by atoms with E-state index in [2.05, 4.69) is 9.97 Å². The molecule has 1 aliphatic rings. The third-order valence-electron chi connectivity index (χ3n) is 4.49. The molecular formula is C18H19F3N4O3. The lowest BCUT2D eigenvalue weighted by Crippen LogP contribution is -2.31. The Bertz CT molecular complexity index is 839. The molecule has 0 aliphatic carbocycles. The first kappa shape index (κ1) is 19.8. The summed E-state index contributed by atoms with van der Waals surface area (Å²) in [7, 11) is 0. The number of piperidine rings is 1. The quantitative estimate of drug-likeness (QED) is 0.542. The molecule has 3 rings (SSSR count). The minimum absolute atomic E-state index is 0.0431. The van der Waals surface area contributed by atoms with Crippen molar-refractivity contribution in [3.63, 3.8) is 0 Å². The number of anilines is 1. The van der Waals surface area contributed by atoms with Gasteiger partial charge in [-0.05, 0) is 30.9 Å². The molecule has 0 spiro atoms. The van der Waals surface area contributed by atoms with Crippen molar-refractivity contribution in [1.29, 1.82) is 0 Å². The number of ether oxygens (including phenoxy) is 1. The minimum Gasteiger partial charge on any atom is -0.472 e. The number of aromatic nitrogens is 2. The van der Waals surface area contributed by atoms with Crippen LogP contribution in [-0.2, 0) is 12.6 Å². The molecule has 0 amide bonds. The van der Waals surface area contributed by atoms with Gasteiger partial charge in [0.15, 0.2) is 0 Å². The van der Waals surface area contributed by atoms with E-state index in [1.54, 1.807) is 6.07 Å². The Hall–Kier alpha value is -2.91. The molecule has 7 nitrogen and oxygen atoms in total. The van der Waals surface area contributed by atoms with Gasteiger partial charge in [-0.3, -0.25) is 10.1 Å². The fourth-order valence-electron chi connectivity index (χ4n) is 3.13. The lowest BCUT2D eigenvalue weighted by molar-refractivity contribution is -0.385. The Morgan fingerprint density at radius 2 is 1.93 bits per heavy atom. The number of nitro groups is 1. The van der Waals surface area contributed by atoms with E-state index in [4.69, 9.17) is 4.74 Å². The van der Waals surface area contributed by atoms with Gasteiger partial charge in [-0.2, -0.15) is 18.2 Å². The molecule has 1 saturated heterocycles. The summed E-state index contributed by atoms with van der Waals surface area (Å²) in [5.41, 5.74) is -0.637. The number of rotatable bonds is 6. The smallest absolute Gasteiger partial charge is 0.416 e. The zero-order chi connectivity index (χ0) is 20.1. The van der Waals surface area contributed by atoms with Gasteiger partial charge in [0.2, 0.25) is 5.82 Å². The lowest BCUT2D eigenvalue weighted by atomic mass is 10.1. The maximum atomic E-state index is 12.8. The van der Waals surface area contributed by atoms with Crippen molar-refractivity contribution in [2.75, 3.05) is 24.6 Å². The van der Waals surface area contributed by atoms with Crippen LogP contribution in [0.1, 0.15) is 30.4 Å². The van der Waals surface area contributed by atoms with E-state index >= 15 is 0 Å². The Labute approximate surface area is 159 Å². The first-order chi connectivity index (χ1) is 13.4. The van der Waals surface area contributed by atoms with Crippen LogP contribution in [0.5, 0.6) is 5.88 Å².